The molecule has 1 aliphatic heterocycles. The molecule has 4 rings (SSSR count). The van der Waals surface area contributed by atoms with E-state index < -0.39 is 0 Å². The molecule has 0 spiro atoms. The number of para-hydroxylation sites is 1. The Labute approximate surface area is 161 Å². The zero-order valence-corrected chi connectivity index (χ0v) is 15.1. The van der Waals surface area contributed by atoms with Crippen LogP contribution in [-0.2, 0) is 13.2 Å². The minimum atomic E-state index is -0.376. The first-order chi connectivity index (χ1) is 13.2. The van der Waals surface area contributed by atoms with Crippen molar-refractivity contribution >= 4 is 17.3 Å². The standard InChI is InChI=1S/C21H17ClFNO3/c22-17-5-3-6-18(23)16(17)12-25-19-7-2-1-4-14(19)11-24-15-8-9-20-21(10-15)27-13-26-20/h1-10,24H,11-13H2. The molecule has 4 nitrogen and oxygen atoms in total. The van der Waals surface area contributed by atoms with Crippen LogP contribution in [0, 0.1) is 5.82 Å². The molecule has 1 heterocycles. The highest BCUT2D eigenvalue weighted by Crippen LogP contribution is 2.34. The fourth-order valence-electron chi connectivity index (χ4n) is 2.81. The van der Waals surface area contributed by atoms with E-state index in [1.54, 1.807) is 12.1 Å². The Morgan fingerprint density at radius 1 is 1.00 bits per heavy atom. The van der Waals surface area contributed by atoms with E-state index in [4.69, 9.17) is 25.8 Å². The minimum Gasteiger partial charge on any atom is -0.488 e. The summed E-state index contributed by atoms with van der Waals surface area (Å²) in [4.78, 5) is 0. The van der Waals surface area contributed by atoms with E-state index >= 15 is 0 Å². The van der Waals surface area contributed by atoms with Gasteiger partial charge in [0.25, 0.3) is 0 Å². The van der Waals surface area contributed by atoms with Crippen LogP contribution in [0.1, 0.15) is 11.1 Å². The smallest absolute Gasteiger partial charge is 0.231 e. The van der Waals surface area contributed by atoms with Crippen molar-refractivity contribution in [3.8, 4) is 17.2 Å². The Balaban J connectivity index is 1.45. The molecule has 0 aromatic heterocycles. The molecule has 0 aliphatic carbocycles. The summed E-state index contributed by atoms with van der Waals surface area (Å²) in [6.07, 6.45) is 0. The van der Waals surface area contributed by atoms with E-state index in [2.05, 4.69) is 5.32 Å². The van der Waals surface area contributed by atoms with Gasteiger partial charge in [-0.15, -0.1) is 0 Å². The Bertz CT molecular complexity index is 944. The lowest BCUT2D eigenvalue weighted by Crippen LogP contribution is -2.05. The molecule has 0 saturated carbocycles. The first-order valence-corrected chi connectivity index (χ1v) is 8.85. The summed E-state index contributed by atoms with van der Waals surface area (Å²) in [5.74, 6) is 1.76. The second kappa shape index (κ2) is 7.76. The van der Waals surface area contributed by atoms with Crippen molar-refractivity contribution in [2.75, 3.05) is 12.1 Å². The van der Waals surface area contributed by atoms with Crippen LogP contribution in [0.25, 0.3) is 0 Å². The number of anilines is 1. The summed E-state index contributed by atoms with van der Waals surface area (Å²) < 4.78 is 30.5. The van der Waals surface area contributed by atoms with Crippen LogP contribution in [0.5, 0.6) is 17.2 Å². The molecule has 3 aromatic carbocycles. The van der Waals surface area contributed by atoms with Gasteiger partial charge in [0.2, 0.25) is 6.79 Å². The van der Waals surface area contributed by atoms with Crippen LogP contribution in [-0.4, -0.2) is 6.79 Å². The second-order valence-corrected chi connectivity index (χ2v) is 6.43. The molecule has 0 unspecified atom stereocenters. The number of benzene rings is 3. The van der Waals surface area contributed by atoms with Gasteiger partial charge in [-0.05, 0) is 30.3 Å². The third kappa shape index (κ3) is 3.93. The molecular formula is C21H17ClFNO3. The van der Waals surface area contributed by atoms with Crippen LogP contribution in [0.4, 0.5) is 10.1 Å². The van der Waals surface area contributed by atoms with Gasteiger partial charge in [0.1, 0.15) is 18.2 Å². The van der Waals surface area contributed by atoms with Gasteiger partial charge in [-0.3, -0.25) is 0 Å². The lowest BCUT2D eigenvalue weighted by atomic mass is 10.2. The molecule has 3 aromatic rings. The largest absolute Gasteiger partial charge is 0.488 e. The highest BCUT2D eigenvalue weighted by atomic mass is 35.5. The third-order valence-electron chi connectivity index (χ3n) is 4.26. The van der Waals surface area contributed by atoms with Crippen LogP contribution < -0.4 is 19.5 Å². The zero-order chi connectivity index (χ0) is 18.6. The molecule has 0 fully saturated rings. The Morgan fingerprint density at radius 3 is 2.74 bits per heavy atom. The Morgan fingerprint density at radius 2 is 1.85 bits per heavy atom. The van der Waals surface area contributed by atoms with Crippen molar-refractivity contribution in [2.24, 2.45) is 0 Å². The van der Waals surface area contributed by atoms with Crippen LogP contribution >= 0.6 is 11.6 Å². The van der Waals surface area contributed by atoms with Crippen molar-refractivity contribution in [1.29, 1.82) is 0 Å². The maximum absolute atomic E-state index is 13.9. The molecule has 0 saturated heterocycles. The average molecular weight is 386 g/mol. The first kappa shape index (κ1) is 17.5. The summed E-state index contributed by atoms with van der Waals surface area (Å²) in [5, 5.41) is 3.69. The molecule has 1 aliphatic rings. The molecule has 6 heteroatoms. The predicted molar refractivity (Wildman–Crippen MR) is 102 cm³/mol. The van der Waals surface area contributed by atoms with E-state index in [1.165, 1.54) is 6.07 Å². The quantitative estimate of drug-likeness (QED) is 0.616. The average Bonchev–Trinajstić information content (AvgIpc) is 3.14. The maximum Gasteiger partial charge on any atom is 0.231 e. The lowest BCUT2D eigenvalue weighted by Gasteiger charge is -2.14. The fraction of sp³-hybridized carbons (Fsp3) is 0.143. The first-order valence-electron chi connectivity index (χ1n) is 8.48. The van der Waals surface area contributed by atoms with Crippen molar-refractivity contribution in [3.05, 3.63) is 82.6 Å². The molecule has 0 bridgehead atoms. The summed E-state index contributed by atoms with van der Waals surface area (Å²) >= 11 is 6.07. The Hall–Kier alpha value is -2.92. The summed E-state index contributed by atoms with van der Waals surface area (Å²) in [6, 6.07) is 17.9. The van der Waals surface area contributed by atoms with E-state index in [1.807, 2.05) is 42.5 Å². The fourth-order valence-corrected chi connectivity index (χ4v) is 3.03. The molecule has 138 valence electrons. The van der Waals surface area contributed by atoms with Crippen LogP contribution in [0.2, 0.25) is 5.02 Å². The predicted octanol–water partition coefficient (Wildman–Crippen LogP) is 5.40. The normalized spacial score (nSPS) is 12.1. The Kier molecular flexibility index (Phi) is 5.03. The number of rotatable bonds is 6. The van der Waals surface area contributed by atoms with Gasteiger partial charge in [0.15, 0.2) is 11.5 Å². The van der Waals surface area contributed by atoms with Gasteiger partial charge >= 0.3 is 0 Å². The van der Waals surface area contributed by atoms with Gasteiger partial charge in [0, 0.05) is 29.4 Å². The topological polar surface area (TPSA) is 39.7 Å². The zero-order valence-electron chi connectivity index (χ0n) is 14.4. The number of halogens is 2. The number of fused-ring (bicyclic) bond motifs is 1. The number of nitrogens with one attached hydrogen (secondary N) is 1. The monoisotopic (exact) mass is 385 g/mol. The summed E-state index contributed by atoms with van der Waals surface area (Å²) in [6.45, 7) is 0.849. The highest BCUT2D eigenvalue weighted by Gasteiger charge is 2.14. The van der Waals surface area contributed by atoms with Crippen LogP contribution in [0.15, 0.2) is 60.7 Å². The van der Waals surface area contributed by atoms with Gasteiger partial charge in [-0.25, -0.2) is 4.39 Å². The SMILES string of the molecule is Fc1cccc(Cl)c1COc1ccccc1CNc1ccc2c(c1)OCO2. The van der Waals surface area contributed by atoms with Gasteiger partial charge in [-0.1, -0.05) is 35.9 Å². The molecule has 0 amide bonds. The molecule has 0 radical (unpaired) electrons. The van der Waals surface area contributed by atoms with Crippen molar-refractivity contribution in [1.82, 2.24) is 0 Å². The van der Waals surface area contributed by atoms with Crippen molar-refractivity contribution in [2.45, 2.75) is 13.2 Å². The lowest BCUT2D eigenvalue weighted by molar-refractivity contribution is 0.174. The summed E-state index contributed by atoms with van der Waals surface area (Å²) in [7, 11) is 0. The van der Waals surface area contributed by atoms with Crippen LogP contribution in [0.3, 0.4) is 0 Å². The van der Waals surface area contributed by atoms with Crippen molar-refractivity contribution < 1.29 is 18.6 Å². The van der Waals surface area contributed by atoms with E-state index in [9.17, 15) is 4.39 Å². The number of hydrogen-bond acceptors (Lipinski definition) is 4. The minimum absolute atomic E-state index is 0.0620. The second-order valence-electron chi connectivity index (χ2n) is 6.02. The van der Waals surface area contributed by atoms with E-state index in [-0.39, 0.29) is 19.2 Å². The van der Waals surface area contributed by atoms with E-state index in [0.29, 0.717) is 22.9 Å². The van der Waals surface area contributed by atoms with Crippen molar-refractivity contribution in [3.63, 3.8) is 0 Å². The molecule has 0 atom stereocenters. The number of hydrogen-bond donors (Lipinski definition) is 1. The molecular weight excluding hydrogens is 369 g/mol. The molecule has 1 N–H and O–H groups in total. The number of ether oxygens (including phenoxy) is 3. The van der Waals surface area contributed by atoms with E-state index in [0.717, 1.165) is 22.7 Å². The molecule has 27 heavy (non-hydrogen) atoms. The van der Waals surface area contributed by atoms with Gasteiger partial charge in [0.05, 0.1) is 5.02 Å². The third-order valence-corrected chi connectivity index (χ3v) is 4.62. The van der Waals surface area contributed by atoms with Gasteiger partial charge < -0.3 is 19.5 Å². The summed E-state index contributed by atoms with van der Waals surface area (Å²) in [5.41, 5.74) is 2.20. The highest BCUT2D eigenvalue weighted by molar-refractivity contribution is 6.31. The van der Waals surface area contributed by atoms with Gasteiger partial charge in [-0.2, -0.15) is 0 Å². The maximum atomic E-state index is 13.9.